The molecule has 196 valence electrons. The van der Waals surface area contributed by atoms with Gasteiger partial charge in [-0.2, -0.15) is 4.98 Å². The van der Waals surface area contributed by atoms with Crippen molar-refractivity contribution in [1.29, 1.82) is 0 Å². The van der Waals surface area contributed by atoms with Gasteiger partial charge in [-0.05, 0) is 35.7 Å². The quantitative estimate of drug-likeness (QED) is 0.345. The second-order valence-electron chi connectivity index (χ2n) is 9.69. The summed E-state index contributed by atoms with van der Waals surface area (Å²) in [6.07, 6.45) is 0.392. The van der Waals surface area contributed by atoms with Crippen LogP contribution in [-0.4, -0.2) is 80.6 Å². The molecule has 3 atom stereocenters. The zero-order valence-corrected chi connectivity index (χ0v) is 21.3. The number of hydrogen-bond donors (Lipinski definition) is 3. The second kappa shape index (κ2) is 10.3. The number of pyridine rings is 1. The van der Waals surface area contributed by atoms with Crippen LogP contribution in [0.2, 0.25) is 5.02 Å². The molecule has 2 aromatic carbocycles. The van der Waals surface area contributed by atoms with Gasteiger partial charge in [-0.25, -0.2) is 4.98 Å². The zero-order chi connectivity index (χ0) is 26.2. The summed E-state index contributed by atoms with van der Waals surface area (Å²) in [5.41, 5.74) is 5.21. The summed E-state index contributed by atoms with van der Waals surface area (Å²) in [4.78, 5) is 26.6. The maximum absolute atomic E-state index is 12.6. The highest BCUT2D eigenvalue weighted by Crippen LogP contribution is 2.32. The molecule has 2 aliphatic heterocycles. The van der Waals surface area contributed by atoms with Crippen molar-refractivity contribution < 1.29 is 24.5 Å². The maximum atomic E-state index is 12.6. The van der Waals surface area contributed by atoms with E-state index in [0.717, 1.165) is 16.7 Å². The average Bonchev–Trinajstić information content (AvgIpc) is 3.68. The lowest BCUT2D eigenvalue weighted by Crippen LogP contribution is -2.29. The Morgan fingerprint density at radius 3 is 2.47 bits per heavy atom. The second-order valence-corrected chi connectivity index (χ2v) is 10.1. The van der Waals surface area contributed by atoms with Crippen LogP contribution in [0.15, 0.2) is 54.6 Å². The van der Waals surface area contributed by atoms with E-state index in [2.05, 4.69) is 15.0 Å². The number of aromatic amines is 1. The molecule has 2 fully saturated rings. The van der Waals surface area contributed by atoms with Gasteiger partial charge in [0.1, 0.15) is 6.10 Å². The topological polar surface area (TPSA) is 121 Å². The van der Waals surface area contributed by atoms with Crippen LogP contribution in [0, 0.1) is 0 Å². The van der Waals surface area contributed by atoms with Gasteiger partial charge in [0.2, 0.25) is 0 Å². The summed E-state index contributed by atoms with van der Waals surface area (Å²) in [6.45, 7) is 1.33. The number of imidazole rings is 1. The molecule has 0 bridgehead atoms. The van der Waals surface area contributed by atoms with E-state index in [1.807, 2.05) is 48.5 Å². The first-order valence-electron chi connectivity index (χ1n) is 12.6. The SMILES string of the molecule is O=C(c1ccc(-c2ccc(-c3nc4nc(O[C@@H]5CO[C@H](CO)C5)[nH]c4cc3Cl)cc2)cc1)N1CC[C@@H](O)C1. The molecule has 2 aromatic heterocycles. The molecule has 38 heavy (non-hydrogen) atoms. The molecular weight excluding hydrogens is 508 g/mol. The average molecular weight is 535 g/mol. The Kier molecular flexibility index (Phi) is 6.75. The van der Waals surface area contributed by atoms with Crippen molar-refractivity contribution in [3.63, 3.8) is 0 Å². The number of β-amino-alcohol motifs (C(OH)–C–C–N with tert-alkyl or cyclic N) is 1. The van der Waals surface area contributed by atoms with Gasteiger partial charge in [-0.1, -0.05) is 48.0 Å². The van der Waals surface area contributed by atoms with Crippen LogP contribution < -0.4 is 4.74 Å². The molecule has 0 radical (unpaired) electrons. The number of nitrogens with zero attached hydrogens (tertiary/aromatic N) is 3. The van der Waals surface area contributed by atoms with Crippen LogP contribution in [0.4, 0.5) is 0 Å². The number of aliphatic hydroxyl groups is 2. The third-order valence-corrected chi connectivity index (χ3v) is 7.29. The first-order chi connectivity index (χ1) is 18.5. The van der Waals surface area contributed by atoms with Gasteiger partial charge in [-0.3, -0.25) is 4.79 Å². The number of ether oxygens (including phenoxy) is 2. The Morgan fingerprint density at radius 1 is 1.11 bits per heavy atom. The Morgan fingerprint density at radius 2 is 1.82 bits per heavy atom. The minimum absolute atomic E-state index is 0.0329. The molecule has 0 aliphatic carbocycles. The summed E-state index contributed by atoms with van der Waals surface area (Å²) in [5.74, 6) is -0.0580. The predicted molar refractivity (Wildman–Crippen MR) is 142 cm³/mol. The fraction of sp³-hybridized carbons (Fsp3) is 0.321. The number of halogens is 1. The van der Waals surface area contributed by atoms with Gasteiger partial charge >= 0.3 is 0 Å². The number of likely N-dealkylation sites (tertiary alicyclic amines) is 1. The first-order valence-corrected chi connectivity index (χ1v) is 13.0. The van der Waals surface area contributed by atoms with E-state index in [1.165, 1.54) is 0 Å². The molecule has 0 saturated carbocycles. The van der Waals surface area contributed by atoms with Crippen molar-refractivity contribution in [2.75, 3.05) is 26.3 Å². The number of aliphatic hydroxyl groups excluding tert-OH is 2. The minimum atomic E-state index is -0.434. The lowest BCUT2D eigenvalue weighted by Gasteiger charge is -2.15. The fourth-order valence-corrected chi connectivity index (χ4v) is 5.19. The van der Waals surface area contributed by atoms with Crippen molar-refractivity contribution in [3.05, 3.63) is 65.2 Å². The van der Waals surface area contributed by atoms with Gasteiger partial charge in [0.15, 0.2) is 5.65 Å². The summed E-state index contributed by atoms with van der Waals surface area (Å²) in [5, 5.41) is 19.4. The molecule has 1 amide bonds. The molecular formula is C28H27ClN4O5. The number of nitrogens with one attached hydrogen (secondary N) is 1. The Hall–Kier alpha value is -3.50. The van der Waals surface area contributed by atoms with Crippen molar-refractivity contribution in [3.8, 4) is 28.4 Å². The zero-order valence-electron chi connectivity index (χ0n) is 20.5. The molecule has 9 nitrogen and oxygen atoms in total. The first kappa shape index (κ1) is 24.8. The Balaban J connectivity index is 1.17. The molecule has 4 heterocycles. The predicted octanol–water partition coefficient (Wildman–Crippen LogP) is 3.68. The fourth-order valence-electron chi connectivity index (χ4n) is 4.93. The number of amides is 1. The van der Waals surface area contributed by atoms with E-state index in [1.54, 1.807) is 11.0 Å². The smallest absolute Gasteiger partial charge is 0.296 e. The van der Waals surface area contributed by atoms with Crippen LogP contribution in [-0.2, 0) is 4.74 Å². The third kappa shape index (κ3) is 4.98. The van der Waals surface area contributed by atoms with E-state index < -0.39 is 6.10 Å². The number of rotatable bonds is 6. The monoisotopic (exact) mass is 534 g/mol. The molecule has 2 saturated heterocycles. The largest absolute Gasteiger partial charge is 0.459 e. The number of H-pyrrole nitrogens is 1. The summed E-state index contributed by atoms with van der Waals surface area (Å²) < 4.78 is 11.3. The molecule has 6 rings (SSSR count). The van der Waals surface area contributed by atoms with E-state index in [-0.39, 0.29) is 24.7 Å². The highest BCUT2D eigenvalue weighted by molar-refractivity contribution is 6.33. The normalized spacial score (nSPS) is 21.3. The number of carbonyl (C=O) groups is 1. The van der Waals surface area contributed by atoms with Crippen LogP contribution >= 0.6 is 11.6 Å². The molecule has 4 aromatic rings. The van der Waals surface area contributed by atoms with Crippen molar-refractivity contribution >= 4 is 28.7 Å². The lowest BCUT2D eigenvalue weighted by molar-refractivity contribution is 0.0528. The molecule has 3 N–H and O–H groups in total. The van der Waals surface area contributed by atoms with Gasteiger partial charge in [0, 0.05) is 30.6 Å². The minimum Gasteiger partial charge on any atom is -0.459 e. The number of benzene rings is 2. The summed E-state index contributed by atoms with van der Waals surface area (Å²) in [7, 11) is 0. The van der Waals surface area contributed by atoms with Gasteiger partial charge in [0.05, 0.1) is 41.7 Å². The van der Waals surface area contributed by atoms with E-state index >= 15 is 0 Å². The van der Waals surface area contributed by atoms with E-state index in [4.69, 9.17) is 21.1 Å². The third-order valence-electron chi connectivity index (χ3n) is 7.00. The lowest BCUT2D eigenvalue weighted by atomic mass is 10.0. The van der Waals surface area contributed by atoms with Gasteiger partial charge in [0.25, 0.3) is 11.9 Å². The van der Waals surface area contributed by atoms with Crippen LogP contribution in [0.3, 0.4) is 0 Å². The van der Waals surface area contributed by atoms with Gasteiger partial charge in [-0.15, -0.1) is 0 Å². The van der Waals surface area contributed by atoms with E-state index in [0.29, 0.717) is 66.0 Å². The number of hydrogen-bond acceptors (Lipinski definition) is 7. The van der Waals surface area contributed by atoms with Crippen LogP contribution in [0.1, 0.15) is 23.2 Å². The molecule has 0 unspecified atom stereocenters. The Bertz CT molecular complexity index is 1460. The molecule has 10 heteroatoms. The molecule has 0 spiro atoms. The van der Waals surface area contributed by atoms with Crippen LogP contribution in [0.5, 0.6) is 6.01 Å². The number of fused-ring (bicyclic) bond motifs is 1. The van der Waals surface area contributed by atoms with Crippen molar-refractivity contribution in [1.82, 2.24) is 19.9 Å². The molecule has 2 aliphatic rings. The van der Waals surface area contributed by atoms with Crippen molar-refractivity contribution in [2.24, 2.45) is 0 Å². The van der Waals surface area contributed by atoms with E-state index in [9.17, 15) is 15.0 Å². The highest BCUT2D eigenvalue weighted by Gasteiger charge is 2.28. The maximum Gasteiger partial charge on any atom is 0.296 e. The number of carbonyl (C=O) groups excluding carboxylic acids is 1. The summed E-state index contributed by atoms with van der Waals surface area (Å²) in [6, 6.07) is 17.5. The number of aromatic nitrogens is 3. The highest BCUT2D eigenvalue weighted by atomic mass is 35.5. The standard InChI is InChI=1S/C28H27ClN4O5/c29-23-12-24-26(32-28(30-24)38-22-11-21(14-34)37-15-22)31-25(23)18-5-1-16(2-6-18)17-3-7-19(8-4-17)27(36)33-10-9-20(35)13-33/h1-8,12,20-22,34-35H,9-11,13-15H2,(H,30,31,32)/t20-,21+,22+/m1/s1. The van der Waals surface area contributed by atoms with Crippen LogP contribution in [0.25, 0.3) is 33.5 Å². The summed E-state index contributed by atoms with van der Waals surface area (Å²) >= 11 is 6.57. The Labute approximate surface area is 224 Å². The van der Waals surface area contributed by atoms with Gasteiger partial charge < -0.3 is 29.6 Å². The van der Waals surface area contributed by atoms with Crippen molar-refractivity contribution in [2.45, 2.75) is 31.2 Å².